The molecule has 2 aromatic carbocycles. The van der Waals surface area contributed by atoms with Gasteiger partial charge in [0.2, 0.25) is 0 Å². The molecular formula is C16H15ClN2O6. The summed E-state index contributed by atoms with van der Waals surface area (Å²) in [7, 11) is 0. The molecule has 0 spiro atoms. The monoisotopic (exact) mass is 366 g/mol. The molecule has 0 bridgehead atoms. The lowest BCUT2D eigenvalue weighted by atomic mass is 10.2. The molecule has 2 rings (SSSR count). The van der Waals surface area contributed by atoms with E-state index < -0.39 is 9.85 Å². The third kappa shape index (κ3) is 4.57. The van der Waals surface area contributed by atoms with Crippen LogP contribution in [0.25, 0.3) is 0 Å². The zero-order valence-electron chi connectivity index (χ0n) is 13.5. The van der Waals surface area contributed by atoms with Crippen LogP contribution >= 0.6 is 11.6 Å². The molecule has 0 unspecified atom stereocenters. The van der Waals surface area contributed by atoms with Crippen LogP contribution in [0, 0.1) is 34.1 Å². The maximum absolute atomic E-state index is 11.1. The van der Waals surface area contributed by atoms with Crippen LogP contribution in [0.4, 0.5) is 11.4 Å². The summed E-state index contributed by atoms with van der Waals surface area (Å²) in [6, 6.07) is 7.29. The number of nitrogens with zero attached hydrogens (tertiary/aromatic N) is 2. The lowest BCUT2D eigenvalue weighted by Crippen LogP contribution is -2.11. The molecule has 0 fully saturated rings. The quantitative estimate of drug-likeness (QED) is 0.412. The third-order valence-corrected chi connectivity index (χ3v) is 3.75. The Hall–Kier alpha value is -2.87. The van der Waals surface area contributed by atoms with Crippen molar-refractivity contribution < 1.29 is 19.3 Å². The molecule has 0 aromatic heterocycles. The smallest absolute Gasteiger partial charge is 0.312 e. The van der Waals surface area contributed by atoms with Gasteiger partial charge in [0.15, 0.2) is 11.5 Å². The minimum absolute atomic E-state index is 0.0112. The van der Waals surface area contributed by atoms with Gasteiger partial charge in [-0.1, -0.05) is 17.7 Å². The standard InChI is InChI=1S/C16H15ClN2O6/c1-10-3-4-15(13(7-10)18(20)21)24-5-6-25-16-8-11(2)12(17)9-14(16)19(22)23/h3-4,7-9H,5-6H2,1-2H3. The van der Waals surface area contributed by atoms with Gasteiger partial charge in [-0.15, -0.1) is 0 Å². The summed E-state index contributed by atoms with van der Waals surface area (Å²) in [5.74, 6) is 0.176. The fraction of sp³-hybridized carbons (Fsp3) is 0.250. The van der Waals surface area contributed by atoms with Gasteiger partial charge in [0, 0.05) is 12.1 Å². The van der Waals surface area contributed by atoms with Gasteiger partial charge in [-0.25, -0.2) is 0 Å². The normalized spacial score (nSPS) is 10.4. The lowest BCUT2D eigenvalue weighted by molar-refractivity contribution is -0.386. The minimum Gasteiger partial charge on any atom is -0.483 e. The number of aryl methyl sites for hydroxylation is 2. The van der Waals surface area contributed by atoms with E-state index in [9.17, 15) is 20.2 Å². The van der Waals surface area contributed by atoms with Gasteiger partial charge < -0.3 is 9.47 Å². The number of benzene rings is 2. The third-order valence-electron chi connectivity index (χ3n) is 3.35. The topological polar surface area (TPSA) is 105 Å². The molecule has 0 aliphatic rings. The van der Waals surface area contributed by atoms with Gasteiger partial charge >= 0.3 is 11.4 Å². The van der Waals surface area contributed by atoms with E-state index in [4.69, 9.17) is 21.1 Å². The van der Waals surface area contributed by atoms with E-state index in [0.29, 0.717) is 5.56 Å². The molecule has 0 saturated carbocycles. The summed E-state index contributed by atoms with van der Waals surface area (Å²) < 4.78 is 10.8. The van der Waals surface area contributed by atoms with Crippen LogP contribution < -0.4 is 9.47 Å². The Morgan fingerprint density at radius 1 is 0.920 bits per heavy atom. The fourth-order valence-electron chi connectivity index (χ4n) is 2.10. The number of rotatable bonds is 7. The van der Waals surface area contributed by atoms with Crippen molar-refractivity contribution in [1.29, 1.82) is 0 Å². The number of hydrogen-bond acceptors (Lipinski definition) is 6. The first-order valence-corrected chi connectivity index (χ1v) is 7.62. The predicted octanol–water partition coefficient (Wildman–Crippen LogP) is 4.23. The van der Waals surface area contributed by atoms with Crippen LogP contribution in [0.2, 0.25) is 5.02 Å². The van der Waals surface area contributed by atoms with Crippen molar-refractivity contribution in [3.8, 4) is 11.5 Å². The van der Waals surface area contributed by atoms with Crippen LogP contribution in [0.3, 0.4) is 0 Å². The van der Waals surface area contributed by atoms with E-state index in [-0.39, 0.29) is 41.1 Å². The van der Waals surface area contributed by atoms with Gasteiger partial charge in [0.25, 0.3) is 0 Å². The highest BCUT2D eigenvalue weighted by atomic mass is 35.5. The van der Waals surface area contributed by atoms with Crippen LogP contribution in [0.15, 0.2) is 30.3 Å². The van der Waals surface area contributed by atoms with Crippen LogP contribution in [-0.2, 0) is 0 Å². The number of halogens is 1. The number of ether oxygens (including phenoxy) is 2. The molecular weight excluding hydrogens is 352 g/mol. The molecule has 0 aliphatic heterocycles. The maximum atomic E-state index is 11.1. The van der Waals surface area contributed by atoms with Crippen LogP contribution in [0.5, 0.6) is 11.5 Å². The Morgan fingerprint density at radius 2 is 1.48 bits per heavy atom. The van der Waals surface area contributed by atoms with Gasteiger partial charge in [-0.3, -0.25) is 20.2 Å². The van der Waals surface area contributed by atoms with Crippen molar-refractivity contribution in [3.05, 3.63) is 66.7 Å². The van der Waals surface area contributed by atoms with Crippen molar-refractivity contribution in [3.63, 3.8) is 0 Å². The molecule has 2 aromatic rings. The van der Waals surface area contributed by atoms with Crippen molar-refractivity contribution in [1.82, 2.24) is 0 Å². The Kier molecular flexibility index (Phi) is 5.76. The van der Waals surface area contributed by atoms with Crippen molar-refractivity contribution in [2.75, 3.05) is 13.2 Å². The fourth-order valence-corrected chi connectivity index (χ4v) is 2.26. The molecule has 25 heavy (non-hydrogen) atoms. The second-order valence-electron chi connectivity index (χ2n) is 5.25. The Morgan fingerprint density at radius 3 is 2.08 bits per heavy atom. The number of nitro benzene ring substituents is 2. The highest BCUT2D eigenvalue weighted by molar-refractivity contribution is 6.31. The summed E-state index contributed by atoms with van der Waals surface area (Å²) in [5.41, 5.74) is 0.977. The summed E-state index contributed by atoms with van der Waals surface area (Å²) in [6.45, 7) is 3.41. The van der Waals surface area contributed by atoms with E-state index >= 15 is 0 Å². The average molecular weight is 367 g/mol. The minimum atomic E-state index is -0.591. The van der Waals surface area contributed by atoms with E-state index in [1.807, 2.05) is 0 Å². The molecule has 132 valence electrons. The first-order chi connectivity index (χ1) is 11.8. The molecule has 0 heterocycles. The van der Waals surface area contributed by atoms with E-state index in [2.05, 4.69) is 0 Å². The average Bonchev–Trinajstić information content (AvgIpc) is 2.55. The van der Waals surface area contributed by atoms with Crippen LogP contribution in [-0.4, -0.2) is 23.1 Å². The Balaban J connectivity index is 2.04. The molecule has 9 heteroatoms. The number of nitro groups is 2. The SMILES string of the molecule is Cc1ccc(OCCOc2cc(C)c(Cl)cc2[N+](=O)[O-])c([N+](=O)[O-])c1. The Labute approximate surface area is 148 Å². The molecule has 8 nitrogen and oxygen atoms in total. The van der Waals surface area contributed by atoms with Crippen LogP contribution in [0.1, 0.15) is 11.1 Å². The molecule has 0 N–H and O–H groups in total. The van der Waals surface area contributed by atoms with E-state index in [1.54, 1.807) is 19.9 Å². The van der Waals surface area contributed by atoms with Crippen molar-refractivity contribution >= 4 is 23.0 Å². The molecule has 0 aliphatic carbocycles. The molecule has 0 atom stereocenters. The number of hydrogen-bond donors (Lipinski definition) is 0. The van der Waals surface area contributed by atoms with Gasteiger partial charge in [0.1, 0.15) is 13.2 Å². The molecule has 0 amide bonds. The van der Waals surface area contributed by atoms with Gasteiger partial charge in [-0.05, 0) is 37.1 Å². The summed E-state index contributed by atoms with van der Waals surface area (Å²) >= 11 is 5.88. The van der Waals surface area contributed by atoms with Gasteiger partial charge in [0.05, 0.1) is 14.9 Å². The highest BCUT2D eigenvalue weighted by Crippen LogP contribution is 2.33. The second-order valence-corrected chi connectivity index (χ2v) is 5.66. The summed E-state index contributed by atoms with van der Waals surface area (Å²) in [5, 5.41) is 22.3. The van der Waals surface area contributed by atoms with Crippen molar-refractivity contribution in [2.45, 2.75) is 13.8 Å². The van der Waals surface area contributed by atoms with Crippen molar-refractivity contribution in [2.24, 2.45) is 0 Å². The predicted molar refractivity (Wildman–Crippen MR) is 91.7 cm³/mol. The highest BCUT2D eigenvalue weighted by Gasteiger charge is 2.18. The molecule has 0 radical (unpaired) electrons. The van der Waals surface area contributed by atoms with Gasteiger partial charge in [-0.2, -0.15) is 0 Å². The first kappa shape index (κ1) is 18.5. The largest absolute Gasteiger partial charge is 0.483 e. The van der Waals surface area contributed by atoms with E-state index in [0.717, 1.165) is 5.56 Å². The lowest BCUT2D eigenvalue weighted by Gasteiger charge is -2.10. The van der Waals surface area contributed by atoms with E-state index in [1.165, 1.54) is 24.3 Å². The molecule has 0 saturated heterocycles. The summed E-state index contributed by atoms with van der Waals surface area (Å²) in [4.78, 5) is 21.0. The zero-order valence-corrected chi connectivity index (χ0v) is 14.3. The first-order valence-electron chi connectivity index (χ1n) is 7.24. The zero-order chi connectivity index (χ0) is 18.6. The maximum Gasteiger partial charge on any atom is 0.312 e. The Bertz CT molecular complexity index is 825. The second kappa shape index (κ2) is 7.80. The summed E-state index contributed by atoms with van der Waals surface area (Å²) in [6.07, 6.45) is 0.